The number of carbonyl (C=O) groups excluding carboxylic acids is 1. The molecule has 1 saturated heterocycles. The average molecular weight is 353 g/mol. The van der Waals surface area contributed by atoms with Crippen molar-refractivity contribution in [3.8, 4) is 0 Å². The number of nitrogens with one attached hydrogen (secondary N) is 1. The van der Waals surface area contributed by atoms with Gasteiger partial charge in [-0.15, -0.1) is 0 Å². The van der Waals surface area contributed by atoms with Gasteiger partial charge in [0.25, 0.3) is 0 Å². The van der Waals surface area contributed by atoms with Crippen LogP contribution in [0.5, 0.6) is 0 Å². The summed E-state index contributed by atoms with van der Waals surface area (Å²) in [7, 11) is -3.52. The third kappa shape index (κ3) is 4.57. The Bertz CT molecular complexity index is 667. The summed E-state index contributed by atoms with van der Waals surface area (Å²) in [5.41, 5.74) is 1.10. The maximum absolute atomic E-state index is 12.5. The minimum Gasteiger partial charge on any atom is -0.343 e. The molecule has 0 spiro atoms. The first kappa shape index (κ1) is 18.9. The lowest BCUT2D eigenvalue weighted by molar-refractivity contribution is -0.131. The largest absolute Gasteiger partial charge is 0.343 e. The third-order valence-corrected chi connectivity index (χ3v) is 6.04. The summed E-state index contributed by atoms with van der Waals surface area (Å²) in [6.45, 7) is 9.37. The Kier molecular flexibility index (Phi) is 5.71. The molecule has 6 heteroatoms. The zero-order valence-corrected chi connectivity index (χ0v) is 15.8. The number of likely N-dealkylation sites (tertiary alicyclic amines) is 1. The Labute approximate surface area is 145 Å². The van der Waals surface area contributed by atoms with Crippen molar-refractivity contribution in [2.75, 3.05) is 13.1 Å². The van der Waals surface area contributed by atoms with Gasteiger partial charge >= 0.3 is 0 Å². The molecule has 1 amide bonds. The maximum Gasteiger partial charge on any atom is 0.240 e. The fraction of sp³-hybridized carbons (Fsp3) is 0.611. The number of amides is 1. The summed E-state index contributed by atoms with van der Waals surface area (Å²) >= 11 is 0. The van der Waals surface area contributed by atoms with Gasteiger partial charge < -0.3 is 4.90 Å². The molecule has 0 aliphatic carbocycles. The molecule has 0 atom stereocenters. The maximum atomic E-state index is 12.5. The Morgan fingerprint density at radius 2 is 1.71 bits per heavy atom. The number of hydrogen-bond donors (Lipinski definition) is 1. The van der Waals surface area contributed by atoms with Crippen LogP contribution in [0.25, 0.3) is 0 Å². The molecule has 0 bridgehead atoms. The Balaban J connectivity index is 2.01. The zero-order valence-electron chi connectivity index (χ0n) is 15.0. The highest BCUT2D eigenvalue weighted by molar-refractivity contribution is 7.89. The molecule has 1 N–H and O–H groups in total. The van der Waals surface area contributed by atoms with Crippen molar-refractivity contribution in [1.82, 2.24) is 9.62 Å². The third-order valence-electron chi connectivity index (χ3n) is 4.50. The summed E-state index contributed by atoms with van der Waals surface area (Å²) in [5.74, 6) is 0.133. The Hall–Kier alpha value is -1.40. The van der Waals surface area contributed by atoms with Crippen molar-refractivity contribution in [2.45, 2.75) is 63.3 Å². The van der Waals surface area contributed by atoms with Crippen molar-refractivity contribution in [3.05, 3.63) is 29.8 Å². The Morgan fingerprint density at radius 3 is 2.17 bits per heavy atom. The molecule has 1 aromatic carbocycles. The fourth-order valence-corrected chi connectivity index (χ4v) is 4.20. The van der Waals surface area contributed by atoms with Crippen molar-refractivity contribution in [2.24, 2.45) is 0 Å². The summed E-state index contributed by atoms with van der Waals surface area (Å²) < 4.78 is 27.9. The van der Waals surface area contributed by atoms with E-state index in [1.165, 1.54) is 0 Å². The molecular weight excluding hydrogens is 324 g/mol. The summed E-state index contributed by atoms with van der Waals surface area (Å²) in [4.78, 5) is 13.8. The normalized spacial score (nSPS) is 17.1. The van der Waals surface area contributed by atoms with Gasteiger partial charge in [0.05, 0.1) is 4.90 Å². The molecule has 0 unspecified atom stereocenters. The van der Waals surface area contributed by atoms with Crippen LogP contribution >= 0.6 is 0 Å². The van der Waals surface area contributed by atoms with Gasteiger partial charge in [-0.1, -0.05) is 39.8 Å². The molecule has 1 aliphatic rings. The first-order valence-electron chi connectivity index (χ1n) is 8.54. The van der Waals surface area contributed by atoms with Crippen molar-refractivity contribution < 1.29 is 13.2 Å². The van der Waals surface area contributed by atoms with E-state index in [0.717, 1.165) is 5.56 Å². The van der Waals surface area contributed by atoms with Gasteiger partial charge in [0, 0.05) is 25.6 Å². The standard InChI is InChI=1S/C18H28N2O3S/c1-5-17(21)20-12-10-15(11-13-20)19-24(22,23)16-8-6-14(7-9-16)18(2,3)4/h6-9,15,19H,5,10-13H2,1-4H3. The molecule has 1 heterocycles. The lowest BCUT2D eigenvalue weighted by Crippen LogP contribution is -2.46. The van der Waals surface area contributed by atoms with E-state index >= 15 is 0 Å². The number of benzene rings is 1. The van der Waals surface area contributed by atoms with Crippen molar-refractivity contribution in [1.29, 1.82) is 0 Å². The van der Waals surface area contributed by atoms with E-state index in [1.807, 2.05) is 24.0 Å². The number of nitrogens with zero attached hydrogens (tertiary/aromatic N) is 1. The van der Waals surface area contributed by atoms with Gasteiger partial charge in [0.2, 0.25) is 15.9 Å². The van der Waals surface area contributed by atoms with Gasteiger partial charge in [0.15, 0.2) is 0 Å². The van der Waals surface area contributed by atoms with Crippen LogP contribution in [0.15, 0.2) is 29.2 Å². The van der Waals surface area contributed by atoms with E-state index < -0.39 is 10.0 Å². The van der Waals surface area contributed by atoms with Crippen LogP contribution in [-0.4, -0.2) is 38.4 Å². The van der Waals surface area contributed by atoms with Crippen LogP contribution in [0.2, 0.25) is 0 Å². The lowest BCUT2D eigenvalue weighted by atomic mass is 9.87. The predicted octanol–water partition coefficient (Wildman–Crippen LogP) is 2.66. The molecule has 134 valence electrons. The average Bonchev–Trinajstić information content (AvgIpc) is 2.54. The minimum atomic E-state index is -3.52. The van der Waals surface area contributed by atoms with E-state index in [-0.39, 0.29) is 17.4 Å². The fourth-order valence-electron chi connectivity index (χ4n) is 2.89. The molecular formula is C18H28N2O3S. The topological polar surface area (TPSA) is 66.5 Å². The molecule has 0 aromatic heterocycles. The quantitative estimate of drug-likeness (QED) is 0.906. The number of hydrogen-bond acceptors (Lipinski definition) is 3. The van der Waals surface area contributed by atoms with Gasteiger partial charge in [-0.3, -0.25) is 4.79 Å². The predicted molar refractivity (Wildman–Crippen MR) is 95.4 cm³/mol. The van der Waals surface area contributed by atoms with Crippen LogP contribution in [0.3, 0.4) is 0 Å². The van der Waals surface area contributed by atoms with Crippen LogP contribution < -0.4 is 4.72 Å². The second-order valence-electron chi connectivity index (χ2n) is 7.40. The molecule has 2 rings (SSSR count). The summed E-state index contributed by atoms with van der Waals surface area (Å²) in [5, 5.41) is 0. The number of carbonyl (C=O) groups is 1. The van der Waals surface area contributed by atoms with Crippen LogP contribution in [0.1, 0.15) is 52.5 Å². The second kappa shape index (κ2) is 7.23. The van der Waals surface area contributed by atoms with E-state index in [4.69, 9.17) is 0 Å². The van der Waals surface area contributed by atoms with E-state index in [2.05, 4.69) is 25.5 Å². The first-order valence-corrected chi connectivity index (χ1v) is 10.0. The smallest absolute Gasteiger partial charge is 0.240 e. The SMILES string of the molecule is CCC(=O)N1CCC(NS(=O)(=O)c2ccc(C(C)(C)C)cc2)CC1. The second-order valence-corrected chi connectivity index (χ2v) is 9.12. The highest BCUT2D eigenvalue weighted by atomic mass is 32.2. The number of sulfonamides is 1. The molecule has 1 aromatic rings. The summed E-state index contributed by atoms with van der Waals surface area (Å²) in [6, 6.07) is 6.96. The molecule has 24 heavy (non-hydrogen) atoms. The monoisotopic (exact) mass is 352 g/mol. The zero-order chi connectivity index (χ0) is 18.0. The molecule has 1 fully saturated rings. The van der Waals surface area contributed by atoms with Crippen LogP contribution in [0.4, 0.5) is 0 Å². The minimum absolute atomic E-state index is 0.00559. The van der Waals surface area contributed by atoms with Gasteiger partial charge in [-0.25, -0.2) is 13.1 Å². The van der Waals surface area contributed by atoms with E-state index in [9.17, 15) is 13.2 Å². The van der Waals surface area contributed by atoms with E-state index in [0.29, 0.717) is 37.2 Å². The highest BCUT2D eigenvalue weighted by Gasteiger charge is 2.26. The van der Waals surface area contributed by atoms with Gasteiger partial charge in [-0.05, 0) is 36.0 Å². The van der Waals surface area contributed by atoms with Gasteiger partial charge in [0.1, 0.15) is 0 Å². The Morgan fingerprint density at radius 1 is 1.17 bits per heavy atom. The first-order chi connectivity index (χ1) is 11.1. The lowest BCUT2D eigenvalue weighted by Gasteiger charge is -2.32. The number of piperidine rings is 1. The van der Waals surface area contributed by atoms with Crippen molar-refractivity contribution in [3.63, 3.8) is 0 Å². The number of rotatable bonds is 4. The molecule has 1 aliphatic heterocycles. The molecule has 0 saturated carbocycles. The highest BCUT2D eigenvalue weighted by Crippen LogP contribution is 2.24. The van der Waals surface area contributed by atoms with Crippen LogP contribution in [0, 0.1) is 0 Å². The van der Waals surface area contributed by atoms with Crippen LogP contribution in [-0.2, 0) is 20.2 Å². The van der Waals surface area contributed by atoms with E-state index in [1.54, 1.807) is 12.1 Å². The molecule has 0 radical (unpaired) electrons. The van der Waals surface area contributed by atoms with Gasteiger partial charge in [-0.2, -0.15) is 0 Å². The summed E-state index contributed by atoms with van der Waals surface area (Å²) in [6.07, 6.45) is 1.81. The van der Waals surface area contributed by atoms with Crippen molar-refractivity contribution >= 4 is 15.9 Å². The molecule has 5 nitrogen and oxygen atoms in total.